The highest BCUT2D eigenvalue weighted by molar-refractivity contribution is 5.01. The van der Waals surface area contributed by atoms with Crippen molar-refractivity contribution in [3.8, 4) is 0 Å². The van der Waals surface area contributed by atoms with E-state index < -0.39 is 18.4 Å². The van der Waals surface area contributed by atoms with Gasteiger partial charge in [-0.2, -0.15) is 4.98 Å². The lowest BCUT2D eigenvalue weighted by atomic mass is 10.1. The molecule has 0 radical (unpaired) electrons. The third-order valence-electron chi connectivity index (χ3n) is 3.51. The number of ether oxygens (including phenoxy) is 2. The molecule has 1 aliphatic heterocycles. The van der Waals surface area contributed by atoms with Gasteiger partial charge in [-0.25, -0.2) is 4.79 Å². The number of hydrogen-bond acceptors (Lipinski definition) is 5. The number of nitrogens with zero attached hydrogens (tertiary/aromatic N) is 2. The summed E-state index contributed by atoms with van der Waals surface area (Å²) in [5.41, 5.74) is 0.358. The first-order valence-corrected chi connectivity index (χ1v) is 6.56. The quantitative estimate of drug-likeness (QED) is 0.860. The van der Waals surface area contributed by atoms with Gasteiger partial charge < -0.3 is 14.6 Å². The van der Waals surface area contributed by atoms with Crippen LogP contribution < -0.4 is 5.69 Å². The molecule has 0 aromatic carbocycles. The van der Waals surface area contributed by atoms with Gasteiger partial charge in [-0.1, -0.05) is 13.8 Å². The van der Waals surface area contributed by atoms with Gasteiger partial charge in [0.15, 0.2) is 6.23 Å². The van der Waals surface area contributed by atoms with Crippen LogP contribution in [0.3, 0.4) is 0 Å². The van der Waals surface area contributed by atoms with Gasteiger partial charge in [-0.3, -0.25) is 4.57 Å². The second-order valence-electron chi connectivity index (χ2n) is 4.63. The number of methoxy groups -OCH3 is 1. The van der Waals surface area contributed by atoms with Crippen molar-refractivity contribution < 1.29 is 14.6 Å². The van der Waals surface area contributed by atoms with E-state index in [-0.39, 0.29) is 11.8 Å². The molecule has 6 nitrogen and oxygen atoms in total. The molecule has 4 unspecified atom stereocenters. The minimum absolute atomic E-state index is 0.326. The van der Waals surface area contributed by atoms with Crippen molar-refractivity contribution >= 4 is 0 Å². The number of aliphatic hydroxyl groups is 1. The molecule has 2 heterocycles. The summed E-state index contributed by atoms with van der Waals surface area (Å²) in [7, 11) is 1.50. The van der Waals surface area contributed by atoms with E-state index in [2.05, 4.69) is 4.98 Å². The Kier molecular flexibility index (Phi) is 4.34. The highest BCUT2D eigenvalue weighted by atomic mass is 16.6. The van der Waals surface area contributed by atoms with E-state index in [9.17, 15) is 9.90 Å². The van der Waals surface area contributed by atoms with E-state index in [0.29, 0.717) is 12.8 Å². The lowest BCUT2D eigenvalue weighted by Crippen LogP contribution is -2.37. The largest absolute Gasteiger partial charge is 0.388 e. The summed E-state index contributed by atoms with van der Waals surface area (Å²) in [5.74, 6) is 0. The lowest BCUT2D eigenvalue weighted by molar-refractivity contribution is -0.0542. The lowest BCUT2D eigenvalue weighted by Gasteiger charge is -2.20. The Balaban J connectivity index is 2.33. The van der Waals surface area contributed by atoms with Crippen LogP contribution in [-0.4, -0.2) is 40.1 Å². The van der Waals surface area contributed by atoms with Crippen LogP contribution in [0.25, 0.3) is 0 Å². The number of aryl methyl sites for hydroxylation is 1. The minimum Gasteiger partial charge on any atom is -0.388 e. The fourth-order valence-corrected chi connectivity index (χ4v) is 2.37. The summed E-state index contributed by atoms with van der Waals surface area (Å²) in [5, 5.41) is 10.1. The molecule has 1 aliphatic rings. The Labute approximate surface area is 112 Å². The predicted molar refractivity (Wildman–Crippen MR) is 68.9 cm³/mol. The normalized spacial score (nSPS) is 30.7. The number of aromatic nitrogens is 2. The zero-order valence-electron chi connectivity index (χ0n) is 11.4. The first-order valence-electron chi connectivity index (χ1n) is 6.56. The first kappa shape index (κ1) is 14.2. The Morgan fingerprint density at radius 2 is 2.26 bits per heavy atom. The molecule has 1 aromatic rings. The second-order valence-corrected chi connectivity index (χ2v) is 4.63. The van der Waals surface area contributed by atoms with Crippen LogP contribution in [0.4, 0.5) is 0 Å². The predicted octanol–water partition coefficient (Wildman–Crippen LogP) is 0.489. The molecule has 1 fully saturated rings. The van der Waals surface area contributed by atoms with Gasteiger partial charge in [0.2, 0.25) is 0 Å². The van der Waals surface area contributed by atoms with Gasteiger partial charge >= 0.3 is 5.69 Å². The number of hydrogen-bond donors (Lipinski definition) is 1. The Bertz CT molecular complexity index is 488. The maximum absolute atomic E-state index is 12.0. The fourth-order valence-electron chi connectivity index (χ4n) is 2.37. The van der Waals surface area contributed by atoms with E-state index in [0.717, 1.165) is 5.69 Å². The summed E-state index contributed by atoms with van der Waals surface area (Å²) < 4.78 is 12.4. The highest BCUT2D eigenvalue weighted by Crippen LogP contribution is 2.31. The third-order valence-corrected chi connectivity index (χ3v) is 3.51. The van der Waals surface area contributed by atoms with Crippen LogP contribution in [0.2, 0.25) is 0 Å². The van der Waals surface area contributed by atoms with Crippen molar-refractivity contribution in [2.75, 3.05) is 7.11 Å². The molecule has 1 N–H and O–H groups in total. The van der Waals surface area contributed by atoms with Crippen molar-refractivity contribution in [2.45, 2.75) is 51.2 Å². The molecule has 1 saturated heterocycles. The van der Waals surface area contributed by atoms with Crippen molar-refractivity contribution in [1.29, 1.82) is 0 Å². The van der Waals surface area contributed by atoms with Crippen LogP contribution >= 0.6 is 0 Å². The first-order chi connectivity index (χ1) is 9.12. The molecule has 6 heteroatoms. The summed E-state index contributed by atoms with van der Waals surface area (Å²) in [6.45, 7) is 3.86. The molecule has 19 heavy (non-hydrogen) atoms. The maximum atomic E-state index is 12.0. The molecular weight excluding hydrogens is 248 g/mol. The molecule has 0 spiro atoms. The molecule has 0 amide bonds. The zero-order chi connectivity index (χ0) is 14.0. The van der Waals surface area contributed by atoms with Gasteiger partial charge in [0.25, 0.3) is 0 Å². The monoisotopic (exact) mass is 268 g/mol. The van der Waals surface area contributed by atoms with E-state index in [1.165, 1.54) is 11.7 Å². The van der Waals surface area contributed by atoms with Gasteiger partial charge in [-0.05, 0) is 18.9 Å². The van der Waals surface area contributed by atoms with Crippen LogP contribution in [0.15, 0.2) is 17.1 Å². The van der Waals surface area contributed by atoms with Crippen molar-refractivity contribution in [1.82, 2.24) is 9.55 Å². The fraction of sp³-hybridized carbons (Fsp3) is 0.692. The average Bonchev–Trinajstić information content (AvgIpc) is 2.74. The number of aliphatic hydroxyl groups excluding tert-OH is 1. The molecule has 2 rings (SSSR count). The van der Waals surface area contributed by atoms with Gasteiger partial charge in [-0.15, -0.1) is 0 Å². The maximum Gasteiger partial charge on any atom is 0.349 e. The third kappa shape index (κ3) is 2.56. The van der Waals surface area contributed by atoms with Crippen LogP contribution in [0.5, 0.6) is 0 Å². The Hall–Kier alpha value is -1.24. The van der Waals surface area contributed by atoms with Gasteiger partial charge in [0.05, 0.1) is 6.10 Å². The molecule has 0 bridgehead atoms. The van der Waals surface area contributed by atoms with Crippen LogP contribution in [0, 0.1) is 0 Å². The zero-order valence-corrected chi connectivity index (χ0v) is 11.4. The van der Waals surface area contributed by atoms with Crippen molar-refractivity contribution in [3.63, 3.8) is 0 Å². The van der Waals surface area contributed by atoms with E-state index in [1.807, 2.05) is 13.8 Å². The summed E-state index contributed by atoms with van der Waals surface area (Å²) in [4.78, 5) is 16.0. The smallest absolute Gasteiger partial charge is 0.349 e. The Morgan fingerprint density at radius 1 is 1.53 bits per heavy atom. The minimum atomic E-state index is -0.738. The van der Waals surface area contributed by atoms with Crippen LogP contribution in [0.1, 0.15) is 32.2 Å². The molecule has 4 atom stereocenters. The molecule has 0 aliphatic carbocycles. The number of rotatable bonds is 4. The van der Waals surface area contributed by atoms with Crippen molar-refractivity contribution in [2.24, 2.45) is 0 Å². The Morgan fingerprint density at radius 3 is 2.79 bits per heavy atom. The molecule has 0 saturated carbocycles. The summed E-state index contributed by atoms with van der Waals surface area (Å²) in [6.07, 6.45) is 0.760. The summed E-state index contributed by atoms with van der Waals surface area (Å²) >= 11 is 0. The molecular formula is C13H20N2O4. The van der Waals surface area contributed by atoms with E-state index >= 15 is 0 Å². The molecule has 106 valence electrons. The molecule has 1 aromatic heterocycles. The van der Waals surface area contributed by atoms with Gasteiger partial charge in [0.1, 0.15) is 12.2 Å². The highest BCUT2D eigenvalue weighted by Gasteiger charge is 2.44. The van der Waals surface area contributed by atoms with E-state index in [1.54, 1.807) is 12.3 Å². The average molecular weight is 268 g/mol. The topological polar surface area (TPSA) is 73.6 Å². The summed E-state index contributed by atoms with van der Waals surface area (Å²) in [6, 6.07) is 1.78. The van der Waals surface area contributed by atoms with E-state index in [4.69, 9.17) is 9.47 Å². The standard InChI is InChI=1S/C13H20N2O4/c1-4-8-6-7-15(13(17)14-8)12-11(18-3)10(16)9(5-2)19-12/h6-7,9-12,16H,4-5H2,1-3H3. The SMILES string of the molecule is CCc1ccn(C2OC(CC)C(O)C2OC)c(=O)n1. The van der Waals surface area contributed by atoms with Crippen molar-refractivity contribution in [3.05, 3.63) is 28.4 Å². The van der Waals surface area contributed by atoms with Gasteiger partial charge in [0, 0.05) is 19.0 Å². The van der Waals surface area contributed by atoms with Crippen LogP contribution in [-0.2, 0) is 15.9 Å². The second kappa shape index (κ2) is 5.81.